The van der Waals surface area contributed by atoms with Gasteiger partial charge in [-0.25, -0.2) is 8.78 Å². The Morgan fingerprint density at radius 2 is 1.81 bits per heavy atom. The van der Waals surface area contributed by atoms with Gasteiger partial charge in [0.25, 0.3) is 0 Å². The molecule has 0 atom stereocenters. The second kappa shape index (κ2) is 7.60. The van der Waals surface area contributed by atoms with Gasteiger partial charge in [0.1, 0.15) is 5.82 Å². The third-order valence-corrected chi connectivity index (χ3v) is 4.12. The Morgan fingerprint density at radius 1 is 1.00 bits per heavy atom. The molecule has 3 aromatic rings. The highest BCUT2D eigenvalue weighted by molar-refractivity contribution is 5.89. The standard InChI is InChI=1S/C21H16F4O/c1-2-3-4-13-5-8-16(18(22)11-13)14-6-9-17-15(12-14)7-10-19(20(17)23)26-21(24)25/h2,5-12,21H,1,3-4H2. The minimum atomic E-state index is -3.10. The second-order valence-electron chi connectivity index (χ2n) is 5.83. The predicted molar refractivity (Wildman–Crippen MR) is 94.5 cm³/mol. The van der Waals surface area contributed by atoms with Crippen LogP contribution in [-0.4, -0.2) is 6.61 Å². The molecule has 0 fully saturated rings. The number of ether oxygens (including phenoxy) is 1. The lowest BCUT2D eigenvalue weighted by Crippen LogP contribution is -2.03. The van der Waals surface area contributed by atoms with E-state index in [-0.39, 0.29) is 11.2 Å². The Hall–Kier alpha value is -2.82. The van der Waals surface area contributed by atoms with E-state index < -0.39 is 18.2 Å². The van der Waals surface area contributed by atoms with E-state index in [4.69, 9.17) is 0 Å². The average molecular weight is 360 g/mol. The molecule has 0 aliphatic heterocycles. The third-order valence-electron chi connectivity index (χ3n) is 4.12. The van der Waals surface area contributed by atoms with Crippen LogP contribution in [0.1, 0.15) is 12.0 Å². The number of aryl methyl sites for hydroxylation is 1. The topological polar surface area (TPSA) is 9.23 Å². The molecular formula is C21H16F4O. The van der Waals surface area contributed by atoms with Crippen molar-refractivity contribution in [2.45, 2.75) is 19.5 Å². The zero-order valence-electron chi connectivity index (χ0n) is 13.8. The molecule has 0 heterocycles. The molecule has 3 rings (SSSR count). The van der Waals surface area contributed by atoms with Crippen molar-refractivity contribution in [1.82, 2.24) is 0 Å². The Balaban J connectivity index is 1.98. The summed E-state index contributed by atoms with van der Waals surface area (Å²) in [6.07, 6.45) is 3.24. The van der Waals surface area contributed by atoms with Crippen molar-refractivity contribution >= 4 is 10.8 Å². The monoisotopic (exact) mass is 360 g/mol. The summed E-state index contributed by atoms with van der Waals surface area (Å²) in [6, 6.07) is 12.2. The molecule has 0 aliphatic rings. The number of halogens is 4. The van der Waals surface area contributed by atoms with Crippen LogP contribution in [0.3, 0.4) is 0 Å². The van der Waals surface area contributed by atoms with Crippen molar-refractivity contribution in [3.63, 3.8) is 0 Å². The third kappa shape index (κ3) is 3.72. The molecule has 0 amide bonds. The molecule has 134 valence electrons. The summed E-state index contributed by atoms with van der Waals surface area (Å²) >= 11 is 0. The first-order valence-electron chi connectivity index (χ1n) is 8.06. The van der Waals surface area contributed by atoms with Crippen LogP contribution < -0.4 is 4.74 Å². The van der Waals surface area contributed by atoms with Crippen LogP contribution in [0.5, 0.6) is 5.75 Å². The van der Waals surface area contributed by atoms with E-state index in [1.807, 2.05) is 6.07 Å². The van der Waals surface area contributed by atoms with Crippen molar-refractivity contribution < 1.29 is 22.3 Å². The van der Waals surface area contributed by atoms with E-state index >= 15 is 0 Å². The zero-order valence-corrected chi connectivity index (χ0v) is 13.8. The van der Waals surface area contributed by atoms with Crippen LogP contribution in [-0.2, 0) is 6.42 Å². The SMILES string of the molecule is C=CCCc1ccc(-c2ccc3c(F)c(OC(F)F)ccc3c2)c(F)c1. The molecule has 0 N–H and O–H groups in total. The molecule has 5 heteroatoms. The Kier molecular flexibility index (Phi) is 5.26. The summed E-state index contributed by atoms with van der Waals surface area (Å²) in [4.78, 5) is 0. The van der Waals surface area contributed by atoms with Gasteiger partial charge < -0.3 is 4.74 Å². The van der Waals surface area contributed by atoms with Crippen LogP contribution in [0.25, 0.3) is 21.9 Å². The Bertz CT molecular complexity index is 950. The highest BCUT2D eigenvalue weighted by Crippen LogP contribution is 2.32. The highest BCUT2D eigenvalue weighted by Gasteiger charge is 2.14. The smallest absolute Gasteiger partial charge is 0.387 e. The normalized spacial score (nSPS) is 11.1. The van der Waals surface area contributed by atoms with Crippen LogP contribution in [0.2, 0.25) is 0 Å². The van der Waals surface area contributed by atoms with Gasteiger partial charge in [-0.2, -0.15) is 8.78 Å². The van der Waals surface area contributed by atoms with Crippen LogP contribution >= 0.6 is 0 Å². The minimum absolute atomic E-state index is 0.134. The zero-order chi connectivity index (χ0) is 18.7. The molecule has 0 unspecified atom stereocenters. The van der Waals surface area contributed by atoms with Crippen LogP contribution in [0.15, 0.2) is 61.2 Å². The molecule has 0 aromatic heterocycles. The van der Waals surface area contributed by atoms with Gasteiger partial charge in [-0.3, -0.25) is 0 Å². The van der Waals surface area contributed by atoms with Gasteiger partial charge in [0.2, 0.25) is 0 Å². The van der Waals surface area contributed by atoms with Gasteiger partial charge in [-0.15, -0.1) is 6.58 Å². The lowest BCUT2D eigenvalue weighted by molar-refractivity contribution is -0.0520. The first-order valence-corrected chi connectivity index (χ1v) is 8.06. The van der Waals surface area contributed by atoms with Crippen molar-refractivity contribution in [3.8, 4) is 16.9 Å². The summed E-state index contributed by atoms with van der Waals surface area (Å²) in [5.41, 5.74) is 1.83. The molecule has 0 bridgehead atoms. The number of rotatable bonds is 6. The van der Waals surface area contributed by atoms with Crippen molar-refractivity contribution in [2.75, 3.05) is 0 Å². The fourth-order valence-corrected chi connectivity index (χ4v) is 2.84. The van der Waals surface area contributed by atoms with Gasteiger partial charge in [0, 0.05) is 10.9 Å². The molecule has 1 nitrogen and oxygen atoms in total. The first kappa shape index (κ1) is 18.0. The van der Waals surface area contributed by atoms with E-state index in [0.29, 0.717) is 22.9 Å². The number of allylic oxidation sites excluding steroid dienone is 1. The summed E-state index contributed by atoms with van der Waals surface area (Å²) in [5, 5.41) is 0.603. The maximum atomic E-state index is 14.4. The van der Waals surface area contributed by atoms with Gasteiger partial charge in [0.05, 0.1) is 0 Å². The molecule has 0 saturated heterocycles. The average Bonchev–Trinajstić information content (AvgIpc) is 2.62. The maximum Gasteiger partial charge on any atom is 0.387 e. The lowest BCUT2D eigenvalue weighted by atomic mass is 9.98. The largest absolute Gasteiger partial charge is 0.432 e. The Labute approximate surface area is 148 Å². The van der Waals surface area contributed by atoms with Gasteiger partial charge in [-0.1, -0.05) is 36.4 Å². The van der Waals surface area contributed by atoms with E-state index in [2.05, 4.69) is 11.3 Å². The number of hydrogen-bond donors (Lipinski definition) is 0. The van der Waals surface area contributed by atoms with E-state index in [0.717, 1.165) is 18.1 Å². The van der Waals surface area contributed by atoms with Crippen molar-refractivity contribution in [3.05, 3.63) is 78.4 Å². The van der Waals surface area contributed by atoms with Crippen LogP contribution in [0.4, 0.5) is 17.6 Å². The number of hydrogen-bond acceptors (Lipinski definition) is 1. The predicted octanol–water partition coefficient (Wildman–Crippen LogP) is 6.51. The second-order valence-corrected chi connectivity index (χ2v) is 5.83. The number of fused-ring (bicyclic) bond motifs is 1. The van der Waals surface area contributed by atoms with E-state index in [1.54, 1.807) is 24.3 Å². The van der Waals surface area contributed by atoms with Crippen molar-refractivity contribution in [1.29, 1.82) is 0 Å². The van der Waals surface area contributed by atoms with E-state index in [1.165, 1.54) is 18.2 Å². The quantitative estimate of drug-likeness (QED) is 0.360. The lowest BCUT2D eigenvalue weighted by Gasteiger charge is -2.10. The summed E-state index contributed by atoms with van der Waals surface area (Å²) in [7, 11) is 0. The fraction of sp³-hybridized carbons (Fsp3) is 0.143. The summed E-state index contributed by atoms with van der Waals surface area (Å²) in [5.74, 6) is -1.75. The molecule has 0 aliphatic carbocycles. The van der Waals surface area contributed by atoms with Gasteiger partial charge in [0.15, 0.2) is 11.6 Å². The molecule has 0 saturated carbocycles. The van der Waals surface area contributed by atoms with Gasteiger partial charge in [-0.05, 0) is 47.6 Å². The molecule has 0 spiro atoms. The van der Waals surface area contributed by atoms with Crippen molar-refractivity contribution in [2.24, 2.45) is 0 Å². The number of alkyl halides is 2. The van der Waals surface area contributed by atoms with Gasteiger partial charge >= 0.3 is 6.61 Å². The van der Waals surface area contributed by atoms with Crippen LogP contribution in [0, 0.1) is 11.6 Å². The molecular weight excluding hydrogens is 344 g/mol. The number of benzene rings is 3. The summed E-state index contributed by atoms with van der Waals surface area (Å²) < 4.78 is 57.5. The minimum Gasteiger partial charge on any atom is -0.432 e. The highest BCUT2D eigenvalue weighted by atomic mass is 19.3. The summed E-state index contributed by atoms with van der Waals surface area (Å²) in [6.45, 7) is 0.544. The molecule has 26 heavy (non-hydrogen) atoms. The maximum absolute atomic E-state index is 14.4. The Morgan fingerprint density at radius 3 is 2.50 bits per heavy atom. The fourth-order valence-electron chi connectivity index (χ4n) is 2.84. The first-order chi connectivity index (χ1) is 12.5. The molecule has 0 radical (unpaired) electrons. The van der Waals surface area contributed by atoms with E-state index in [9.17, 15) is 17.6 Å². The molecule has 3 aromatic carbocycles.